The van der Waals surface area contributed by atoms with Crippen LogP contribution in [0.4, 0.5) is 0 Å². The van der Waals surface area contributed by atoms with Crippen LogP contribution in [0.2, 0.25) is 0 Å². The van der Waals surface area contributed by atoms with E-state index in [1.54, 1.807) is 31.1 Å². The van der Waals surface area contributed by atoms with E-state index in [2.05, 4.69) is 4.98 Å². The minimum Gasteiger partial charge on any atom is -0.384 e. The van der Waals surface area contributed by atoms with Gasteiger partial charge in [-0.2, -0.15) is 0 Å². The van der Waals surface area contributed by atoms with Gasteiger partial charge in [0, 0.05) is 33.0 Å². The van der Waals surface area contributed by atoms with Crippen LogP contribution >= 0.6 is 0 Å². The monoisotopic (exact) mass is 168 g/mol. The predicted octanol–water partition coefficient (Wildman–Crippen LogP) is 0.639. The van der Waals surface area contributed by atoms with Gasteiger partial charge in [-0.3, -0.25) is 4.79 Å². The largest absolute Gasteiger partial charge is 0.384 e. The summed E-state index contributed by atoms with van der Waals surface area (Å²) >= 11 is 0. The normalized spacial score (nSPS) is 10.2. The van der Waals surface area contributed by atoms with Crippen molar-refractivity contribution in [2.24, 2.45) is 7.05 Å². The predicted molar refractivity (Wildman–Crippen MR) is 44.0 cm³/mol. The lowest BCUT2D eigenvalue weighted by Crippen LogP contribution is -2.09. The second kappa shape index (κ2) is 4.01. The van der Waals surface area contributed by atoms with Gasteiger partial charge in [0.2, 0.25) is 5.78 Å². The van der Waals surface area contributed by atoms with E-state index in [0.29, 0.717) is 18.9 Å². The van der Waals surface area contributed by atoms with E-state index in [0.717, 1.165) is 0 Å². The molecule has 1 heterocycles. The minimum atomic E-state index is 0.0179. The van der Waals surface area contributed by atoms with Gasteiger partial charge in [-0.25, -0.2) is 4.98 Å². The van der Waals surface area contributed by atoms with Gasteiger partial charge in [0.05, 0.1) is 6.61 Å². The Hall–Kier alpha value is -1.16. The number of carbonyl (C=O) groups is 1. The molecule has 12 heavy (non-hydrogen) atoms. The van der Waals surface area contributed by atoms with Gasteiger partial charge >= 0.3 is 0 Å². The number of imidazole rings is 1. The van der Waals surface area contributed by atoms with Crippen LogP contribution in [0.3, 0.4) is 0 Å². The van der Waals surface area contributed by atoms with Gasteiger partial charge in [0.15, 0.2) is 5.82 Å². The summed E-state index contributed by atoms with van der Waals surface area (Å²) < 4.78 is 6.50. The van der Waals surface area contributed by atoms with Crippen molar-refractivity contribution in [2.75, 3.05) is 13.7 Å². The molecule has 0 unspecified atom stereocenters. The summed E-state index contributed by atoms with van der Waals surface area (Å²) in [6, 6.07) is 0. The van der Waals surface area contributed by atoms with Gasteiger partial charge in [0.1, 0.15) is 0 Å². The molecule has 1 aromatic heterocycles. The lowest BCUT2D eigenvalue weighted by atomic mass is 10.3. The molecule has 0 fully saturated rings. The molecule has 0 bridgehead atoms. The van der Waals surface area contributed by atoms with Gasteiger partial charge in [0.25, 0.3) is 0 Å². The molecule has 66 valence electrons. The highest BCUT2D eigenvalue weighted by Gasteiger charge is 2.09. The van der Waals surface area contributed by atoms with Crippen LogP contribution in [0.15, 0.2) is 12.4 Å². The molecule has 0 aromatic carbocycles. The van der Waals surface area contributed by atoms with E-state index >= 15 is 0 Å². The molecule has 0 spiro atoms. The number of hydrogen-bond acceptors (Lipinski definition) is 3. The third-order valence-electron chi connectivity index (χ3n) is 1.60. The molecule has 0 atom stereocenters. The second-order valence-electron chi connectivity index (χ2n) is 2.53. The number of rotatable bonds is 4. The zero-order chi connectivity index (χ0) is 8.97. The third-order valence-corrected chi connectivity index (χ3v) is 1.60. The van der Waals surface area contributed by atoms with Crippen LogP contribution in [-0.4, -0.2) is 29.1 Å². The molecule has 0 aliphatic rings. The van der Waals surface area contributed by atoms with Crippen molar-refractivity contribution in [2.45, 2.75) is 6.42 Å². The van der Waals surface area contributed by atoms with Crippen LogP contribution in [0, 0.1) is 0 Å². The van der Waals surface area contributed by atoms with Crippen molar-refractivity contribution in [3.05, 3.63) is 18.2 Å². The first kappa shape index (κ1) is 8.93. The standard InChI is InChI=1S/C8H12N2O2/c1-10-5-4-9-8(10)7(11)3-6-12-2/h4-5H,3,6H2,1-2H3. The first-order chi connectivity index (χ1) is 5.75. The van der Waals surface area contributed by atoms with Gasteiger partial charge in [-0.1, -0.05) is 0 Å². The second-order valence-corrected chi connectivity index (χ2v) is 2.53. The average Bonchev–Trinajstić information content (AvgIpc) is 2.47. The van der Waals surface area contributed by atoms with E-state index in [4.69, 9.17) is 4.74 Å². The van der Waals surface area contributed by atoms with Gasteiger partial charge in [-0.05, 0) is 0 Å². The zero-order valence-corrected chi connectivity index (χ0v) is 7.28. The van der Waals surface area contributed by atoms with Crippen molar-refractivity contribution in [1.29, 1.82) is 0 Å². The number of ether oxygens (including phenoxy) is 1. The van der Waals surface area contributed by atoms with Crippen molar-refractivity contribution in [3.8, 4) is 0 Å². The molecule has 0 saturated carbocycles. The smallest absolute Gasteiger partial charge is 0.200 e. The van der Waals surface area contributed by atoms with Crippen molar-refractivity contribution in [3.63, 3.8) is 0 Å². The first-order valence-corrected chi connectivity index (χ1v) is 3.75. The molecule has 0 N–H and O–H groups in total. The van der Waals surface area contributed by atoms with E-state index in [9.17, 15) is 4.79 Å². The number of methoxy groups -OCH3 is 1. The van der Waals surface area contributed by atoms with Crippen molar-refractivity contribution >= 4 is 5.78 Å². The summed E-state index contributed by atoms with van der Waals surface area (Å²) in [4.78, 5) is 15.2. The number of aryl methyl sites for hydroxylation is 1. The Morgan fingerprint density at radius 1 is 1.75 bits per heavy atom. The SMILES string of the molecule is COCCC(=O)c1nccn1C. The maximum absolute atomic E-state index is 11.3. The lowest BCUT2D eigenvalue weighted by Gasteiger charge is -1.99. The highest BCUT2D eigenvalue weighted by Crippen LogP contribution is 1.99. The van der Waals surface area contributed by atoms with Crippen molar-refractivity contribution < 1.29 is 9.53 Å². The number of nitrogens with zero attached hydrogens (tertiary/aromatic N) is 2. The summed E-state index contributed by atoms with van der Waals surface area (Å²) in [6.07, 6.45) is 3.75. The Balaban J connectivity index is 2.59. The fourth-order valence-electron chi connectivity index (χ4n) is 0.941. The van der Waals surface area contributed by atoms with Crippen LogP contribution < -0.4 is 0 Å². The molecule has 0 saturated heterocycles. The van der Waals surface area contributed by atoms with Crippen LogP contribution in [0.5, 0.6) is 0 Å². The van der Waals surface area contributed by atoms with E-state index < -0.39 is 0 Å². The molecule has 0 radical (unpaired) electrons. The van der Waals surface area contributed by atoms with E-state index in [1.807, 2.05) is 0 Å². The molecular weight excluding hydrogens is 156 g/mol. The minimum absolute atomic E-state index is 0.0179. The molecule has 4 nitrogen and oxygen atoms in total. The maximum Gasteiger partial charge on any atom is 0.200 e. The number of Topliss-reactive ketones (excluding diaryl/α,β-unsaturated/α-hetero) is 1. The van der Waals surface area contributed by atoms with Gasteiger partial charge < -0.3 is 9.30 Å². The summed E-state index contributed by atoms with van der Waals surface area (Å²) in [5, 5.41) is 0. The topological polar surface area (TPSA) is 44.1 Å². The highest BCUT2D eigenvalue weighted by atomic mass is 16.5. The molecule has 0 aliphatic heterocycles. The Bertz CT molecular complexity index is 268. The fourth-order valence-corrected chi connectivity index (χ4v) is 0.941. The Labute approximate surface area is 71.2 Å². The van der Waals surface area contributed by atoms with Crippen LogP contribution in [0.1, 0.15) is 17.0 Å². The lowest BCUT2D eigenvalue weighted by molar-refractivity contribution is 0.0919. The number of ketones is 1. The molecule has 4 heteroatoms. The molecule has 0 amide bonds. The van der Waals surface area contributed by atoms with Crippen LogP contribution in [-0.2, 0) is 11.8 Å². The zero-order valence-electron chi connectivity index (χ0n) is 7.28. The number of hydrogen-bond donors (Lipinski definition) is 0. The average molecular weight is 168 g/mol. The maximum atomic E-state index is 11.3. The molecular formula is C8H12N2O2. The highest BCUT2D eigenvalue weighted by molar-refractivity contribution is 5.92. The van der Waals surface area contributed by atoms with Crippen molar-refractivity contribution in [1.82, 2.24) is 9.55 Å². The summed E-state index contributed by atoms with van der Waals surface area (Å²) in [5.74, 6) is 0.511. The summed E-state index contributed by atoms with van der Waals surface area (Å²) in [6.45, 7) is 0.450. The molecule has 1 aromatic rings. The number of carbonyl (C=O) groups excluding carboxylic acids is 1. The Morgan fingerprint density at radius 2 is 2.50 bits per heavy atom. The fraction of sp³-hybridized carbons (Fsp3) is 0.500. The Morgan fingerprint density at radius 3 is 3.00 bits per heavy atom. The number of aromatic nitrogens is 2. The van der Waals surface area contributed by atoms with Crippen LogP contribution in [0.25, 0.3) is 0 Å². The van der Waals surface area contributed by atoms with Gasteiger partial charge in [-0.15, -0.1) is 0 Å². The summed E-state index contributed by atoms with van der Waals surface area (Å²) in [7, 11) is 3.37. The van der Waals surface area contributed by atoms with E-state index in [1.165, 1.54) is 0 Å². The Kier molecular flexibility index (Phi) is 2.99. The molecule has 0 aliphatic carbocycles. The molecule has 1 rings (SSSR count). The first-order valence-electron chi connectivity index (χ1n) is 3.75. The summed E-state index contributed by atoms with van der Waals surface area (Å²) in [5.41, 5.74) is 0. The quantitative estimate of drug-likeness (QED) is 0.620. The third kappa shape index (κ3) is 1.92. The van der Waals surface area contributed by atoms with E-state index in [-0.39, 0.29) is 5.78 Å².